The second-order valence-corrected chi connectivity index (χ2v) is 9.52. The molecule has 1 aliphatic heterocycles. The molecule has 1 aliphatic carbocycles. The zero-order valence-electron chi connectivity index (χ0n) is 21.8. The maximum absolute atomic E-state index is 6.46. The molecular formula is C32H37NO4. The van der Waals surface area contributed by atoms with E-state index in [1.165, 1.54) is 22.3 Å². The number of allylic oxidation sites excluding steroid dienone is 1. The van der Waals surface area contributed by atoms with Crippen molar-refractivity contribution in [2.75, 3.05) is 26.4 Å². The van der Waals surface area contributed by atoms with Gasteiger partial charge in [-0.1, -0.05) is 66.7 Å². The van der Waals surface area contributed by atoms with Crippen LogP contribution in [0.5, 0.6) is 11.5 Å². The predicted molar refractivity (Wildman–Crippen MR) is 148 cm³/mol. The Bertz CT molecular complexity index is 1160. The minimum absolute atomic E-state index is 0.114. The molecule has 0 saturated carbocycles. The maximum atomic E-state index is 6.46. The van der Waals surface area contributed by atoms with Crippen LogP contribution in [0.1, 0.15) is 55.8 Å². The van der Waals surface area contributed by atoms with E-state index in [1.807, 2.05) is 38.1 Å². The highest BCUT2D eigenvalue weighted by Crippen LogP contribution is 2.43. The summed E-state index contributed by atoms with van der Waals surface area (Å²) < 4.78 is 24.6. The van der Waals surface area contributed by atoms with Gasteiger partial charge in [0.05, 0.1) is 12.6 Å². The first-order valence-corrected chi connectivity index (χ1v) is 13.5. The first kappa shape index (κ1) is 25.5. The van der Waals surface area contributed by atoms with Gasteiger partial charge in [-0.3, -0.25) is 0 Å². The van der Waals surface area contributed by atoms with Crippen molar-refractivity contribution in [3.63, 3.8) is 0 Å². The van der Waals surface area contributed by atoms with E-state index >= 15 is 0 Å². The van der Waals surface area contributed by atoms with Crippen LogP contribution < -0.4 is 14.8 Å². The van der Waals surface area contributed by atoms with Gasteiger partial charge in [0.25, 0.3) is 0 Å². The van der Waals surface area contributed by atoms with Crippen LogP contribution in [0, 0.1) is 0 Å². The van der Waals surface area contributed by atoms with Crippen molar-refractivity contribution in [1.29, 1.82) is 0 Å². The second-order valence-electron chi connectivity index (χ2n) is 9.52. The number of ether oxygens (including phenoxy) is 4. The molecule has 3 aromatic carbocycles. The van der Waals surface area contributed by atoms with Crippen LogP contribution >= 0.6 is 0 Å². The largest absolute Gasteiger partial charge is 0.490 e. The number of nitrogens with one attached hydrogen (secondary N) is 1. The molecule has 37 heavy (non-hydrogen) atoms. The Morgan fingerprint density at radius 2 is 1.70 bits per heavy atom. The summed E-state index contributed by atoms with van der Waals surface area (Å²) in [7, 11) is 0. The van der Waals surface area contributed by atoms with E-state index in [0.717, 1.165) is 42.9 Å². The van der Waals surface area contributed by atoms with Gasteiger partial charge in [-0.25, -0.2) is 0 Å². The van der Waals surface area contributed by atoms with Crippen LogP contribution in [0.4, 0.5) is 0 Å². The van der Waals surface area contributed by atoms with Gasteiger partial charge in [0.15, 0.2) is 17.8 Å². The van der Waals surface area contributed by atoms with Gasteiger partial charge in [0, 0.05) is 13.2 Å². The SMILES string of the molecule is C/C=C/c1ccc(OCC)c(OCC(CNC2c3ccccc3-c3ccccc32)OC2CCCCO2)c1. The van der Waals surface area contributed by atoms with Crippen LogP contribution in [0.3, 0.4) is 0 Å². The Kier molecular flexibility index (Phi) is 8.57. The molecule has 2 unspecified atom stereocenters. The van der Waals surface area contributed by atoms with Crippen molar-refractivity contribution in [1.82, 2.24) is 5.32 Å². The molecule has 194 valence electrons. The van der Waals surface area contributed by atoms with Crippen molar-refractivity contribution < 1.29 is 18.9 Å². The Hall–Kier alpha value is -3.12. The number of hydrogen-bond donors (Lipinski definition) is 1. The molecular weight excluding hydrogens is 462 g/mol. The fraction of sp³-hybridized carbons (Fsp3) is 0.375. The highest BCUT2D eigenvalue weighted by atomic mass is 16.7. The smallest absolute Gasteiger partial charge is 0.161 e. The zero-order chi connectivity index (χ0) is 25.5. The van der Waals surface area contributed by atoms with E-state index < -0.39 is 0 Å². The standard InChI is InChI=1S/C32H37NO4/c1-3-11-23-17-18-29(34-4-2)30(20-23)36-22-24(37-31-16-9-10-19-35-31)21-33-32-27-14-7-5-12-25(27)26-13-6-8-15-28(26)32/h3,5-8,11-15,17-18,20,24,31-33H,4,9-10,16,19,21-22H2,1-2H3/b11-3+. The molecule has 5 heteroatoms. The van der Waals surface area contributed by atoms with Gasteiger partial charge in [-0.15, -0.1) is 0 Å². The summed E-state index contributed by atoms with van der Waals surface area (Å²) in [4.78, 5) is 0. The quantitative estimate of drug-likeness (QED) is 0.316. The molecule has 0 aromatic heterocycles. The molecule has 1 saturated heterocycles. The average molecular weight is 500 g/mol. The number of hydrogen-bond acceptors (Lipinski definition) is 5. The summed E-state index contributed by atoms with van der Waals surface area (Å²) in [5.74, 6) is 1.47. The summed E-state index contributed by atoms with van der Waals surface area (Å²) in [6, 6.07) is 23.4. The molecule has 0 spiro atoms. The van der Waals surface area contributed by atoms with Gasteiger partial charge in [-0.05, 0) is 73.1 Å². The Labute approximate surface area is 220 Å². The van der Waals surface area contributed by atoms with Crippen molar-refractivity contribution in [3.05, 3.63) is 89.5 Å². The summed E-state index contributed by atoms with van der Waals surface area (Å²) >= 11 is 0. The Morgan fingerprint density at radius 3 is 2.38 bits per heavy atom. The van der Waals surface area contributed by atoms with E-state index in [9.17, 15) is 0 Å². The summed E-state index contributed by atoms with van der Waals surface area (Å²) in [5.41, 5.74) is 6.26. The second kappa shape index (κ2) is 12.4. The molecule has 0 radical (unpaired) electrons. The molecule has 5 nitrogen and oxygen atoms in total. The number of benzene rings is 3. The molecule has 1 fully saturated rings. The van der Waals surface area contributed by atoms with Crippen LogP contribution in [0.25, 0.3) is 17.2 Å². The molecule has 2 aliphatic rings. The molecule has 0 amide bonds. The zero-order valence-corrected chi connectivity index (χ0v) is 21.8. The molecule has 3 aromatic rings. The summed E-state index contributed by atoms with van der Waals surface area (Å²) in [6.45, 7) is 6.34. The van der Waals surface area contributed by atoms with Crippen molar-refractivity contribution >= 4 is 6.08 Å². The fourth-order valence-corrected chi connectivity index (χ4v) is 5.20. The number of fused-ring (bicyclic) bond motifs is 3. The van der Waals surface area contributed by atoms with Gasteiger partial charge >= 0.3 is 0 Å². The first-order valence-electron chi connectivity index (χ1n) is 13.5. The van der Waals surface area contributed by atoms with Crippen molar-refractivity contribution in [2.24, 2.45) is 0 Å². The first-order chi connectivity index (χ1) is 18.3. The molecule has 5 rings (SSSR count). The molecule has 0 bridgehead atoms. The average Bonchev–Trinajstić information content (AvgIpc) is 3.26. The van der Waals surface area contributed by atoms with E-state index in [1.54, 1.807) is 0 Å². The van der Waals surface area contributed by atoms with Crippen LogP contribution in [0.2, 0.25) is 0 Å². The molecule has 2 atom stereocenters. The fourth-order valence-electron chi connectivity index (χ4n) is 5.20. The van der Waals surface area contributed by atoms with Gasteiger partial charge in [0.1, 0.15) is 12.7 Å². The summed E-state index contributed by atoms with van der Waals surface area (Å²) in [5, 5.41) is 3.79. The maximum Gasteiger partial charge on any atom is 0.161 e. The van der Waals surface area contributed by atoms with E-state index in [0.29, 0.717) is 19.8 Å². The third-order valence-corrected chi connectivity index (χ3v) is 6.92. The van der Waals surface area contributed by atoms with Gasteiger partial charge in [-0.2, -0.15) is 0 Å². The predicted octanol–water partition coefficient (Wildman–Crippen LogP) is 6.77. The normalized spacial score (nSPS) is 17.9. The lowest BCUT2D eigenvalue weighted by atomic mass is 10.1. The van der Waals surface area contributed by atoms with Crippen molar-refractivity contribution in [2.45, 2.75) is 51.5 Å². The van der Waals surface area contributed by atoms with Crippen LogP contribution in [0.15, 0.2) is 72.8 Å². The lowest BCUT2D eigenvalue weighted by molar-refractivity contribution is -0.192. The third-order valence-electron chi connectivity index (χ3n) is 6.92. The number of rotatable bonds is 11. The lowest BCUT2D eigenvalue weighted by Gasteiger charge is -2.29. The van der Waals surface area contributed by atoms with E-state index in [4.69, 9.17) is 18.9 Å². The van der Waals surface area contributed by atoms with Gasteiger partial charge < -0.3 is 24.3 Å². The Balaban J connectivity index is 1.33. The summed E-state index contributed by atoms with van der Waals surface area (Å²) in [6.07, 6.45) is 6.80. The third kappa shape index (κ3) is 6.07. The lowest BCUT2D eigenvalue weighted by Crippen LogP contribution is -2.39. The van der Waals surface area contributed by atoms with E-state index in [2.05, 4.69) is 59.9 Å². The minimum Gasteiger partial charge on any atom is -0.490 e. The van der Waals surface area contributed by atoms with Crippen LogP contribution in [-0.2, 0) is 9.47 Å². The Morgan fingerprint density at radius 1 is 0.946 bits per heavy atom. The topological polar surface area (TPSA) is 49.0 Å². The highest BCUT2D eigenvalue weighted by molar-refractivity contribution is 5.78. The molecule has 1 N–H and O–H groups in total. The van der Waals surface area contributed by atoms with Gasteiger partial charge in [0.2, 0.25) is 0 Å². The van der Waals surface area contributed by atoms with Crippen LogP contribution in [-0.4, -0.2) is 38.8 Å². The molecule has 1 heterocycles. The van der Waals surface area contributed by atoms with E-state index in [-0.39, 0.29) is 18.4 Å². The minimum atomic E-state index is -0.201. The monoisotopic (exact) mass is 499 g/mol. The highest BCUT2D eigenvalue weighted by Gasteiger charge is 2.29. The van der Waals surface area contributed by atoms with Crippen molar-refractivity contribution in [3.8, 4) is 22.6 Å².